The Morgan fingerprint density at radius 1 is 1.30 bits per heavy atom. The molecule has 20 heavy (non-hydrogen) atoms. The molecule has 1 aromatic carbocycles. The van der Waals surface area contributed by atoms with Crippen LogP contribution in [0.1, 0.15) is 35.9 Å². The van der Waals surface area contributed by atoms with Crippen LogP contribution in [-0.2, 0) is 0 Å². The Kier molecular flexibility index (Phi) is 3.83. The Bertz CT molecular complexity index is 630. The molecule has 4 nitrogen and oxygen atoms in total. The number of aromatic nitrogens is 2. The van der Waals surface area contributed by atoms with Gasteiger partial charge in [0.05, 0.1) is 18.9 Å². The number of hydrogen-bond acceptors (Lipinski definition) is 3. The topological polar surface area (TPSA) is 44.1 Å². The van der Waals surface area contributed by atoms with E-state index < -0.39 is 23.0 Å². The van der Waals surface area contributed by atoms with Crippen molar-refractivity contribution in [2.24, 2.45) is 0 Å². The maximum absolute atomic E-state index is 13.7. The summed E-state index contributed by atoms with van der Waals surface area (Å²) < 4.78 is 33.9. The van der Waals surface area contributed by atoms with Crippen LogP contribution in [-0.4, -0.2) is 22.7 Å². The molecule has 106 valence electrons. The Morgan fingerprint density at radius 2 is 1.90 bits per heavy atom. The fourth-order valence-electron chi connectivity index (χ4n) is 1.94. The number of nitrogens with zero attached hydrogens (tertiary/aromatic N) is 2. The Balaban J connectivity index is 2.62. The molecule has 0 unspecified atom stereocenters. The van der Waals surface area contributed by atoms with Gasteiger partial charge in [0.1, 0.15) is 11.6 Å². The zero-order valence-electron chi connectivity index (χ0n) is 11.4. The molecule has 6 heteroatoms. The number of ketones is 1. The lowest BCUT2D eigenvalue weighted by atomic mass is 10.1. The summed E-state index contributed by atoms with van der Waals surface area (Å²) in [5, 5.41) is 4.02. The van der Waals surface area contributed by atoms with Crippen molar-refractivity contribution in [2.45, 2.75) is 19.9 Å². The fraction of sp³-hybridized carbons (Fsp3) is 0.286. The van der Waals surface area contributed by atoms with Gasteiger partial charge in [0.15, 0.2) is 11.4 Å². The van der Waals surface area contributed by atoms with Crippen molar-refractivity contribution in [1.82, 2.24) is 9.78 Å². The van der Waals surface area contributed by atoms with Crippen molar-refractivity contribution in [3.63, 3.8) is 0 Å². The monoisotopic (exact) mass is 280 g/mol. The van der Waals surface area contributed by atoms with Crippen molar-refractivity contribution in [3.8, 4) is 5.75 Å². The van der Waals surface area contributed by atoms with E-state index in [1.807, 2.05) is 0 Å². The summed E-state index contributed by atoms with van der Waals surface area (Å²) in [5.74, 6) is -2.42. The minimum Gasteiger partial charge on any atom is -0.493 e. The average Bonchev–Trinajstić information content (AvgIpc) is 2.82. The van der Waals surface area contributed by atoms with Gasteiger partial charge >= 0.3 is 0 Å². The van der Waals surface area contributed by atoms with E-state index in [1.54, 1.807) is 13.8 Å². The van der Waals surface area contributed by atoms with E-state index in [0.717, 1.165) is 12.1 Å². The standard InChI is InChI=1S/C14H14F2N2O2/c1-8(2)18-13(11(20-3)7-17-18)14(19)12-9(15)5-4-6-10(12)16/h4-8H,1-3H3. The molecule has 0 N–H and O–H groups in total. The van der Waals surface area contributed by atoms with Crippen LogP contribution in [0.25, 0.3) is 0 Å². The summed E-state index contributed by atoms with van der Waals surface area (Å²) in [5.41, 5.74) is -0.570. The van der Waals surface area contributed by atoms with Crippen LogP contribution in [0.5, 0.6) is 5.75 Å². The van der Waals surface area contributed by atoms with Gasteiger partial charge in [0.25, 0.3) is 0 Å². The number of benzene rings is 1. The summed E-state index contributed by atoms with van der Waals surface area (Å²) in [4.78, 5) is 12.4. The zero-order chi connectivity index (χ0) is 14.9. The first-order chi connectivity index (χ1) is 9.47. The first-order valence-corrected chi connectivity index (χ1v) is 6.07. The van der Waals surface area contributed by atoms with Crippen LogP contribution in [0.4, 0.5) is 8.78 Å². The van der Waals surface area contributed by atoms with Gasteiger partial charge in [-0.1, -0.05) is 6.07 Å². The lowest BCUT2D eigenvalue weighted by Crippen LogP contribution is -2.16. The molecule has 0 aliphatic carbocycles. The molecule has 0 bridgehead atoms. The number of ether oxygens (including phenoxy) is 1. The summed E-state index contributed by atoms with van der Waals surface area (Å²) in [6.07, 6.45) is 1.35. The Morgan fingerprint density at radius 3 is 2.40 bits per heavy atom. The molecule has 0 saturated carbocycles. The lowest BCUT2D eigenvalue weighted by molar-refractivity contribution is 0.101. The summed E-state index contributed by atoms with van der Waals surface area (Å²) in [6.45, 7) is 3.61. The maximum atomic E-state index is 13.7. The summed E-state index contributed by atoms with van der Waals surface area (Å²) >= 11 is 0. The quantitative estimate of drug-likeness (QED) is 0.809. The SMILES string of the molecule is COc1cnn(C(C)C)c1C(=O)c1c(F)cccc1F. The van der Waals surface area contributed by atoms with Gasteiger partial charge in [-0.05, 0) is 26.0 Å². The highest BCUT2D eigenvalue weighted by atomic mass is 19.1. The van der Waals surface area contributed by atoms with Crippen molar-refractivity contribution in [2.75, 3.05) is 7.11 Å². The van der Waals surface area contributed by atoms with Crippen LogP contribution >= 0.6 is 0 Å². The molecule has 2 aromatic rings. The van der Waals surface area contributed by atoms with Crippen LogP contribution in [0.3, 0.4) is 0 Å². The summed E-state index contributed by atoms with van der Waals surface area (Å²) in [7, 11) is 1.37. The van der Waals surface area contributed by atoms with E-state index in [9.17, 15) is 13.6 Å². The van der Waals surface area contributed by atoms with Gasteiger partial charge in [0, 0.05) is 6.04 Å². The molecule has 0 aliphatic heterocycles. The van der Waals surface area contributed by atoms with Crippen molar-refractivity contribution < 1.29 is 18.3 Å². The molecule has 2 rings (SSSR count). The van der Waals surface area contributed by atoms with Crippen LogP contribution < -0.4 is 4.74 Å². The molecule has 0 fully saturated rings. The van der Waals surface area contributed by atoms with Crippen molar-refractivity contribution in [1.29, 1.82) is 0 Å². The zero-order valence-corrected chi connectivity index (χ0v) is 11.4. The van der Waals surface area contributed by atoms with Crippen LogP contribution in [0.2, 0.25) is 0 Å². The largest absolute Gasteiger partial charge is 0.493 e. The van der Waals surface area contributed by atoms with E-state index in [2.05, 4.69) is 5.10 Å². The third-order valence-corrected chi connectivity index (χ3v) is 2.88. The third kappa shape index (κ3) is 2.29. The first-order valence-electron chi connectivity index (χ1n) is 6.07. The van der Waals surface area contributed by atoms with E-state index >= 15 is 0 Å². The lowest BCUT2D eigenvalue weighted by Gasteiger charge is -2.12. The van der Waals surface area contributed by atoms with Gasteiger partial charge in [-0.15, -0.1) is 0 Å². The predicted molar refractivity (Wildman–Crippen MR) is 69.0 cm³/mol. The minimum atomic E-state index is -0.909. The third-order valence-electron chi connectivity index (χ3n) is 2.88. The number of rotatable bonds is 4. The molecule has 0 spiro atoms. The maximum Gasteiger partial charge on any atom is 0.220 e. The van der Waals surface area contributed by atoms with Gasteiger partial charge < -0.3 is 4.74 Å². The van der Waals surface area contributed by atoms with Gasteiger partial charge in [-0.25, -0.2) is 8.78 Å². The van der Waals surface area contributed by atoms with Gasteiger partial charge in [-0.3, -0.25) is 9.48 Å². The number of halogens is 2. The van der Waals surface area contributed by atoms with Crippen molar-refractivity contribution >= 4 is 5.78 Å². The molecular weight excluding hydrogens is 266 g/mol. The van der Waals surface area contributed by atoms with E-state index in [0.29, 0.717) is 0 Å². The second-order valence-corrected chi connectivity index (χ2v) is 4.53. The molecule has 0 aliphatic rings. The fourth-order valence-corrected chi connectivity index (χ4v) is 1.94. The molecular formula is C14H14F2N2O2. The number of hydrogen-bond donors (Lipinski definition) is 0. The molecule has 1 aromatic heterocycles. The highest BCUT2D eigenvalue weighted by molar-refractivity contribution is 6.09. The Hall–Kier alpha value is -2.24. The van der Waals surface area contributed by atoms with E-state index in [-0.39, 0.29) is 17.5 Å². The van der Waals surface area contributed by atoms with E-state index in [4.69, 9.17) is 4.74 Å². The smallest absolute Gasteiger partial charge is 0.220 e. The molecule has 0 radical (unpaired) electrons. The summed E-state index contributed by atoms with van der Waals surface area (Å²) in [6, 6.07) is 3.14. The van der Waals surface area contributed by atoms with Gasteiger partial charge in [-0.2, -0.15) is 5.10 Å². The van der Waals surface area contributed by atoms with Crippen LogP contribution in [0, 0.1) is 11.6 Å². The normalized spacial score (nSPS) is 10.9. The highest BCUT2D eigenvalue weighted by Crippen LogP contribution is 2.26. The van der Waals surface area contributed by atoms with E-state index in [1.165, 1.54) is 24.1 Å². The van der Waals surface area contributed by atoms with Crippen LogP contribution in [0.15, 0.2) is 24.4 Å². The number of methoxy groups -OCH3 is 1. The Labute approximate surface area is 115 Å². The second kappa shape index (κ2) is 5.40. The molecule has 1 heterocycles. The van der Waals surface area contributed by atoms with Crippen molar-refractivity contribution in [3.05, 3.63) is 47.3 Å². The first kappa shape index (κ1) is 14.2. The predicted octanol–water partition coefficient (Wildman–Crippen LogP) is 2.98. The minimum absolute atomic E-state index is 0.0338. The molecule has 0 atom stereocenters. The highest BCUT2D eigenvalue weighted by Gasteiger charge is 2.27. The number of carbonyl (C=O) groups is 1. The molecule has 0 amide bonds. The van der Waals surface area contributed by atoms with Gasteiger partial charge in [0.2, 0.25) is 5.78 Å². The second-order valence-electron chi connectivity index (χ2n) is 4.53. The number of carbonyl (C=O) groups excluding carboxylic acids is 1. The average molecular weight is 280 g/mol. The molecule has 0 saturated heterocycles.